The van der Waals surface area contributed by atoms with Crippen molar-refractivity contribution < 1.29 is 9.53 Å². The van der Waals surface area contributed by atoms with E-state index >= 15 is 0 Å². The van der Waals surface area contributed by atoms with Gasteiger partial charge in [-0.05, 0) is 12.8 Å². The van der Waals surface area contributed by atoms with E-state index in [-0.39, 0.29) is 12.1 Å². The Morgan fingerprint density at radius 3 is 2.30 bits per heavy atom. The Morgan fingerprint density at radius 2 is 2.00 bits per heavy atom. The van der Waals surface area contributed by atoms with Crippen molar-refractivity contribution in [1.29, 1.82) is 0 Å². The Morgan fingerprint density at radius 1 is 1.50 bits per heavy atom. The Hall–Kier alpha value is -0.530. The highest BCUT2D eigenvalue weighted by Crippen LogP contribution is 2.10. The summed E-state index contributed by atoms with van der Waals surface area (Å²) < 4.78 is 4.96. The summed E-state index contributed by atoms with van der Waals surface area (Å²) >= 11 is 0. The average molecular weight is 144 g/mol. The molecule has 0 aliphatic rings. The molecule has 0 amide bonds. The fourth-order valence-corrected chi connectivity index (χ4v) is 0.710. The lowest BCUT2D eigenvalue weighted by molar-refractivity contribution is -0.147. The first-order valence-corrected chi connectivity index (χ1v) is 3.75. The standard InChI is InChI=1S/C8H16O2/c1-5-6(2)7(3)10-8(4)9/h6-7H,5H2,1-4H3. The minimum Gasteiger partial charge on any atom is -0.463 e. The molecule has 0 aromatic carbocycles. The molecule has 0 radical (unpaired) electrons. The van der Waals surface area contributed by atoms with E-state index in [9.17, 15) is 4.79 Å². The van der Waals surface area contributed by atoms with E-state index in [0.717, 1.165) is 6.42 Å². The molecule has 0 spiro atoms. The molecule has 0 aliphatic heterocycles. The van der Waals surface area contributed by atoms with E-state index in [4.69, 9.17) is 4.74 Å². The van der Waals surface area contributed by atoms with Gasteiger partial charge in [-0.2, -0.15) is 0 Å². The minimum atomic E-state index is -0.187. The van der Waals surface area contributed by atoms with Crippen LogP contribution in [0.4, 0.5) is 0 Å². The molecule has 0 saturated carbocycles. The van der Waals surface area contributed by atoms with Crippen molar-refractivity contribution in [2.24, 2.45) is 5.92 Å². The number of carbonyl (C=O) groups is 1. The molecule has 0 aromatic heterocycles. The summed E-state index contributed by atoms with van der Waals surface area (Å²) in [6.45, 7) is 7.53. The zero-order valence-corrected chi connectivity index (χ0v) is 7.18. The maximum absolute atomic E-state index is 10.5. The van der Waals surface area contributed by atoms with Gasteiger partial charge >= 0.3 is 5.97 Å². The Labute approximate surface area is 62.6 Å². The summed E-state index contributed by atoms with van der Waals surface area (Å²) in [6.07, 6.45) is 1.11. The fourth-order valence-electron chi connectivity index (χ4n) is 0.710. The van der Waals surface area contributed by atoms with E-state index in [0.29, 0.717) is 5.92 Å². The van der Waals surface area contributed by atoms with Crippen molar-refractivity contribution in [1.82, 2.24) is 0 Å². The van der Waals surface area contributed by atoms with Gasteiger partial charge in [0.25, 0.3) is 0 Å². The van der Waals surface area contributed by atoms with Gasteiger partial charge in [-0.25, -0.2) is 0 Å². The largest absolute Gasteiger partial charge is 0.463 e. The number of ether oxygens (including phenoxy) is 1. The predicted octanol–water partition coefficient (Wildman–Crippen LogP) is 1.98. The van der Waals surface area contributed by atoms with Gasteiger partial charge in [-0.1, -0.05) is 20.3 Å². The van der Waals surface area contributed by atoms with Crippen molar-refractivity contribution in [3.63, 3.8) is 0 Å². The number of hydrogen-bond acceptors (Lipinski definition) is 2. The Kier molecular flexibility index (Phi) is 4.08. The topological polar surface area (TPSA) is 26.3 Å². The van der Waals surface area contributed by atoms with Crippen LogP contribution in [0.3, 0.4) is 0 Å². The van der Waals surface area contributed by atoms with Gasteiger partial charge in [-0.3, -0.25) is 4.79 Å². The molecule has 10 heavy (non-hydrogen) atoms. The molecule has 0 aromatic rings. The lowest BCUT2D eigenvalue weighted by atomic mass is 10.0. The first-order chi connectivity index (χ1) is 4.57. The third-order valence-corrected chi connectivity index (χ3v) is 1.80. The third-order valence-electron chi connectivity index (χ3n) is 1.80. The summed E-state index contributed by atoms with van der Waals surface area (Å²) in [4.78, 5) is 10.5. The predicted molar refractivity (Wildman–Crippen MR) is 40.7 cm³/mol. The van der Waals surface area contributed by atoms with Crippen LogP contribution in [0, 0.1) is 5.92 Å². The summed E-state index contributed by atoms with van der Waals surface area (Å²) in [7, 11) is 0. The van der Waals surface area contributed by atoms with Gasteiger partial charge in [0, 0.05) is 6.92 Å². The highest BCUT2D eigenvalue weighted by Gasteiger charge is 2.11. The summed E-state index contributed by atoms with van der Waals surface area (Å²) in [6, 6.07) is 0. The van der Waals surface area contributed by atoms with Gasteiger partial charge in [-0.15, -0.1) is 0 Å². The van der Waals surface area contributed by atoms with Gasteiger partial charge < -0.3 is 4.74 Å². The monoisotopic (exact) mass is 144 g/mol. The smallest absolute Gasteiger partial charge is 0.302 e. The second kappa shape index (κ2) is 4.31. The molecule has 0 fully saturated rings. The maximum Gasteiger partial charge on any atom is 0.302 e. The van der Waals surface area contributed by atoms with Crippen LogP contribution in [0.1, 0.15) is 34.1 Å². The Bertz CT molecular complexity index is 110. The quantitative estimate of drug-likeness (QED) is 0.566. The number of carbonyl (C=O) groups excluding carboxylic acids is 1. The van der Waals surface area contributed by atoms with Crippen LogP contribution in [-0.2, 0) is 9.53 Å². The molecule has 60 valence electrons. The highest BCUT2D eigenvalue weighted by molar-refractivity contribution is 5.66. The second-order valence-corrected chi connectivity index (χ2v) is 2.70. The minimum absolute atomic E-state index is 0.0579. The zero-order chi connectivity index (χ0) is 8.15. The van der Waals surface area contributed by atoms with Crippen LogP contribution in [0.2, 0.25) is 0 Å². The molecule has 0 saturated heterocycles. The van der Waals surface area contributed by atoms with Crippen LogP contribution in [0.25, 0.3) is 0 Å². The molecule has 0 N–H and O–H groups in total. The van der Waals surface area contributed by atoms with Gasteiger partial charge in [0.2, 0.25) is 0 Å². The molecule has 0 bridgehead atoms. The summed E-state index contributed by atoms with van der Waals surface area (Å²) in [5.41, 5.74) is 0. The van der Waals surface area contributed by atoms with Gasteiger partial charge in [0.1, 0.15) is 6.10 Å². The molecule has 2 unspecified atom stereocenters. The van der Waals surface area contributed by atoms with E-state index in [1.807, 2.05) is 6.92 Å². The first kappa shape index (κ1) is 9.47. The zero-order valence-electron chi connectivity index (χ0n) is 7.18. The molecular formula is C8H16O2. The van der Waals surface area contributed by atoms with Crippen LogP contribution >= 0.6 is 0 Å². The molecule has 2 nitrogen and oxygen atoms in total. The average Bonchev–Trinajstić information content (AvgIpc) is 1.85. The van der Waals surface area contributed by atoms with Crippen molar-refractivity contribution in [3.05, 3.63) is 0 Å². The normalized spacial score (nSPS) is 16.0. The molecule has 0 heterocycles. The van der Waals surface area contributed by atoms with E-state index < -0.39 is 0 Å². The van der Waals surface area contributed by atoms with E-state index in [1.54, 1.807) is 0 Å². The lowest BCUT2D eigenvalue weighted by Crippen LogP contribution is -2.19. The van der Waals surface area contributed by atoms with Gasteiger partial charge in [0.05, 0.1) is 0 Å². The maximum atomic E-state index is 10.5. The molecular weight excluding hydrogens is 128 g/mol. The van der Waals surface area contributed by atoms with Crippen molar-refractivity contribution >= 4 is 5.97 Å². The third kappa shape index (κ3) is 3.49. The van der Waals surface area contributed by atoms with E-state index in [1.165, 1.54) is 6.92 Å². The summed E-state index contributed by atoms with van der Waals surface area (Å²) in [5, 5.41) is 0. The van der Waals surface area contributed by atoms with Crippen LogP contribution in [-0.4, -0.2) is 12.1 Å². The van der Waals surface area contributed by atoms with Gasteiger partial charge in [0.15, 0.2) is 0 Å². The Balaban J connectivity index is 3.61. The lowest BCUT2D eigenvalue weighted by Gasteiger charge is -2.17. The number of rotatable bonds is 3. The second-order valence-electron chi connectivity index (χ2n) is 2.70. The van der Waals surface area contributed by atoms with Crippen LogP contribution < -0.4 is 0 Å². The van der Waals surface area contributed by atoms with Crippen LogP contribution in [0.5, 0.6) is 0 Å². The molecule has 0 rings (SSSR count). The van der Waals surface area contributed by atoms with Crippen LogP contribution in [0.15, 0.2) is 0 Å². The molecule has 0 aliphatic carbocycles. The number of esters is 1. The first-order valence-electron chi connectivity index (χ1n) is 3.75. The van der Waals surface area contributed by atoms with Crippen molar-refractivity contribution in [2.75, 3.05) is 0 Å². The molecule has 2 atom stereocenters. The highest BCUT2D eigenvalue weighted by atomic mass is 16.5. The van der Waals surface area contributed by atoms with Crippen molar-refractivity contribution in [3.8, 4) is 0 Å². The SMILES string of the molecule is CCC(C)C(C)OC(C)=O. The fraction of sp³-hybridized carbons (Fsp3) is 0.875. The summed E-state index contributed by atoms with van der Waals surface area (Å²) in [5.74, 6) is 0.275. The number of hydrogen-bond donors (Lipinski definition) is 0. The van der Waals surface area contributed by atoms with Crippen molar-refractivity contribution in [2.45, 2.75) is 40.2 Å². The van der Waals surface area contributed by atoms with E-state index in [2.05, 4.69) is 13.8 Å². The molecule has 2 heteroatoms.